The van der Waals surface area contributed by atoms with Crippen molar-refractivity contribution in [3.05, 3.63) is 52.1 Å². The summed E-state index contributed by atoms with van der Waals surface area (Å²) in [6, 6.07) is 9.09. The normalized spacial score (nSPS) is 14.6. The smallest absolute Gasteiger partial charge is 0.252 e. The fourth-order valence-electron chi connectivity index (χ4n) is 2.60. The molecule has 1 aliphatic carbocycles. The number of sulfonamides is 1. The van der Waals surface area contributed by atoms with E-state index >= 15 is 0 Å². The van der Waals surface area contributed by atoms with Crippen LogP contribution in [0.4, 0.5) is 4.39 Å². The van der Waals surface area contributed by atoms with Crippen LogP contribution in [0, 0.1) is 5.82 Å². The number of halogens is 2. The average Bonchev–Trinajstić information content (AvgIpc) is 3.32. The third-order valence-corrected chi connectivity index (χ3v) is 7.62. The van der Waals surface area contributed by atoms with Crippen LogP contribution in [0.25, 0.3) is 0 Å². The summed E-state index contributed by atoms with van der Waals surface area (Å²) in [5.41, 5.74) is 0.681. The van der Waals surface area contributed by atoms with Crippen LogP contribution in [-0.2, 0) is 21.4 Å². The molecule has 0 radical (unpaired) electrons. The van der Waals surface area contributed by atoms with E-state index in [1.54, 1.807) is 17.0 Å². The van der Waals surface area contributed by atoms with E-state index in [1.165, 1.54) is 31.3 Å². The van der Waals surface area contributed by atoms with Crippen LogP contribution in [-0.4, -0.2) is 43.2 Å². The lowest BCUT2D eigenvalue weighted by atomic mass is 10.2. The number of hydrogen-bond acceptors (Lipinski definition) is 4. The molecule has 1 aromatic carbocycles. The standard InChI is InChI=1S/C17H18ClFN2O3S2/c1-20(26(23,24)17-8-7-15(18)25-17)11-16(22)21(14-5-6-14)10-12-3-2-4-13(19)9-12/h2-4,7-9,14H,5-6,10-11H2,1H3. The van der Waals surface area contributed by atoms with E-state index in [1.807, 2.05) is 0 Å². The topological polar surface area (TPSA) is 57.7 Å². The molecule has 140 valence electrons. The Morgan fingerprint density at radius 2 is 2.04 bits per heavy atom. The van der Waals surface area contributed by atoms with Crippen LogP contribution in [0.15, 0.2) is 40.6 Å². The summed E-state index contributed by atoms with van der Waals surface area (Å²) in [5, 5.41) is 0. The molecular weight excluding hydrogens is 399 g/mol. The number of hydrogen-bond donors (Lipinski definition) is 0. The molecule has 0 N–H and O–H groups in total. The summed E-state index contributed by atoms with van der Waals surface area (Å²) in [6.07, 6.45) is 1.75. The van der Waals surface area contributed by atoms with Crippen molar-refractivity contribution in [3.63, 3.8) is 0 Å². The number of carbonyl (C=O) groups is 1. The maximum atomic E-state index is 13.4. The number of benzene rings is 1. The van der Waals surface area contributed by atoms with Crippen molar-refractivity contribution in [1.29, 1.82) is 0 Å². The van der Waals surface area contributed by atoms with Gasteiger partial charge < -0.3 is 4.90 Å². The summed E-state index contributed by atoms with van der Waals surface area (Å²) in [6.45, 7) is -0.0103. The first-order valence-corrected chi connectivity index (χ1v) is 10.7. The van der Waals surface area contributed by atoms with Gasteiger partial charge in [-0.15, -0.1) is 11.3 Å². The Bertz CT molecular complexity index is 912. The van der Waals surface area contributed by atoms with Crippen molar-refractivity contribution in [1.82, 2.24) is 9.21 Å². The van der Waals surface area contributed by atoms with Gasteiger partial charge in [0.15, 0.2) is 0 Å². The molecule has 26 heavy (non-hydrogen) atoms. The van der Waals surface area contributed by atoms with E-state index in [0.29, 0.717) is 9.90 Å². The Kier molecular flexibility index (Phi) is 5.67. The Hall–Kier alpha value is -1.48. The van der Waals surface area contributed by atoms with Gasteiger partial charge in [-0.2, -0.15) is 4.31 Å². The second-order valence-electron chi connectivity index (χ2n) is 6.20. The molecule has 3 rings (SSSR count). The van der Waals surface area contributed by atoms with Gasteiger partial charge in [0.1, 0.15) is 10.0 Å². The van der Waals surface area contributed by atoms with E-state index in [-0.39, 0.29) is 35.1 Å². The second-order valence-corrected chi connectivity index (χ2v) is 10.2. The van der Waals surface area contributed by atoms with Crippen LogP contribution in [0.5, 0.6) is 0 Å². The molecule has 0 atom stereocenters. The summed E-state index contributed by atoms with van der Waals surface area (Å²) < 4.78 is 40.0. The fraction of sp³-hybridized carbons (Fsp3) is 0.353. The number of likely N-dealkylation sites (N-methyl/N-ethyl adjacent to an activating group) is 1. The van der Waals surface area contributed by atoms with Crippen LogP contribution in [0.3, 0.4) is 0 Å². The van der Waals surface area contributed by atoms with Crippen molar-refractivity contribution in [3.8, 4) is 0 Å². The largest absolute Gasteiger partial charge is 0.334 e. The predicted molar refractivity (Wildman–Crippen MR) is 99.1 cm³/mol. The molecule has 0 aliphatic heterocycles. The highest BCUT2D eigenvalue weighted by molar-refractivity contribution is 7.91. The third kappa shape index (κ3) is 4.43. The molecule has 1 saturated carbocycles. The van der Waals surface area contributed by atoms with Crippen LogP contribution in [0.1, 0.15) is 18.4 Å². The second kappa shape index (κ2) is 7.64. The van der Waals surface area contributed by atoms with Crippen LogP contribution < -0.4 is 0 Å². The average molecular weight is 417 g/mol. The SMILES string of the molecule is CN(CC(=O)N(Cc1cccc(F)c1)C1CC1)S(=O)(=O)c1ccc(Cl)s1. The minimum absolute atomic E-state index is 0.0815. The maximum Gasteiger partial charge on any atom is 0.252 e. The lowest BCUT2D eigenvalue weighted by Gasteiger charge is -2.25. The molecule has 5 nitrogen and oxygen atoms in total. The van der Waals surface area contributed by atoms with Gasteiger partial charge in [0.2, 0.25) is 5.91 Å². The van der Waals surface area contributed by atoms with E-state index < -0.39 is 10.0 Å². The molecule has 0 spiro atoms. The summed E-state index contributed by atoms with van der Waals surface area (Å²) in [7, 11) is -2.40. The number of nitrogens with zero attached hydrogens (tertiary/aromatic N) is 2. The maximum absolute atomic E-state index is 13.4. The van der Waals surface area contributed by atoms with Gasteiger partial charge >= 0.3 is 0 Å². The van der Waals surface area contributed by atoms with Crippen molar-refractivity contribution < 1.29 is 17.6 Å². The first kappa shape index (κ1) is 19.3. The van der Waals surface area contributed by atoms with Crippen LogP contribution >= 0.6 is 22.9 Å². The zero-order valence-electron chi connectivity index (χ0n) is 14.1. The highest BCUT2D eigenvalue weighted by atomic mass is 35.5. The van der Waals surface area contributed by atoms with Crippen molar-refractivity contribution in [2.75, 3.05) is 13.6 Å². The number of amides is 1. The Morgan fingerprint density at radius 1 is 1.31 bits per heavy atom. The Morgan fingerprint density at radius 3 is 2.62 bits per heavy atom. The van der Waals surface area contributed by atoms with Crippen molar-refractivity contribution in [2.24, 2.45) is 0 Å². The van der Waals surface area contributed by atoms with Gasteiger partial charge in [-0.1, -0.05) is 23.7 Å². The molecule has 1 amide bonds. The lowest BCUT2D eigenvalue weighted by molar-refractivity contribution is -0.132. The highest BCUT2D eigenvalue weighted by Crippen LogP contribution is 2.30. The summed E-state index contributed by atoms with van der Waals surface area (Å²) in [4.78, 5) is 14.3. The number of carbonyl (C=O) groups excluding carboxylic acids is 1. The van der Waals surface area contributed by atoms with Gasteiger partial charge in [0, 0.05) is 19.6 Å². The van der Waals surface area contributed by atoms with Crippen molar-refractivity contribution in [2.45, 2.75) is 29.6 Å². The van der Waals surface area contributed by atoms with Gasteiger partial charge in [0.25, 0.3) is 10.0 Å². The number of rotatable bonds is 7. The zero-order valence-corrected chi connectivity index (χ0v) is 16.5. The van der Waals surface area contributed by atoms with E-state index in [2.05, 4.69) is 0 Å². The molecule has 9 heteroatoms. The molecule has 0 bridgehead atoms. The zero-order chi connectivity index (χ0) is 18.9. The number of thiophene rings is 1. The van der Waals surface area contributed by atoms with Crippen molar-refractivity contribution >= 4 is 38.9 Å². The quantitative estimate of drug-likeness (QED) is 0.695. The Balaban J connectivity index is 1.72. The molecule has 0 unspecified atom stereocenters. The molecule has 0 saturated heterocycles. The van der Waals surface area contributed by atoms with Crippen LogP contribution in [0.2, 0.25) is 4.34 Å². The first-order valence-electron chi connectivity index (χ1n) is 8.03. The summed E-state index contributed by atoms with van der Waals surface area (Å²) >= 11 is 6.76. The van der Waals surface area contributed by atoms with Gasteiger partial charge in [-0.3, -0.25) is 4.79 Å². The fourth-order valence-corrected chi connectivity index (χ4v) is 5.41. The predicted octanol–water partition coefficient (Wildman–Crippen LogP) is 3.35. The van der Waals surface area contributed by atoms with E-state index in [4.69, 9.17) is 11.6 Å². The minimum atomic E-state index is -3.77. The van der Waals surface area contributed by atoms with E-state index in [0.717, 1.165) is 28.5 Å². The van der Waals surface area contributed by atoms with Gasteiger partial charge in [0.05, 0.1) is 10.9 Å². The lowest BCUT2D eigenvalue weighted by Crippen LogP contribution is -2.41. The Labute approximate surface area is 161 Å². The van der Waals surface area contributed by atoms with E-state index in [9.17, 15) is 17.6 Å². The first-order chi connectivity index (χ1) is 12.3. The molecule has 1 fully saturated rings. The molecule has 1 heterocycles. The summed E-state index contributed by atoms with van der Waals surface area (Å²) in [5.74, 6) is -0.662. The van der Waals surface area contributed by atoms with Gasteiger partial charge in [-0.05, 0) is 42.7 Å². The molecule has 1 aliphatic rings. The molecule has 2 aromatic rings. The van der Waals surface area contributed by atoms with Gasteiger partial charge in [-0.25, -0.2) is 12.8 Å². The monoisotopic (exact) mass is 416 g/mol. The molecular formula is C17H18ClFN2O3S2. The molecule has 1 aromatic heterocycles. The minimum Gasteiger partial charge on any atom is -0.334 e. The highest BCUT2D eigenvalue weighted by Gasteiger charge is 2.34. The third-order valence-electron chi connectivity index (χ3n) is 4.12.